The van der Waals surface area contributed by atoms with Crippen molar-refractivity contribution in [3.05, 3.63) is 64.7 Å². The summed E-state index contributed by atoms with van der Waals surface area (Å²) in [5.74, 6) is 0.211. The van der Waals surface area contributed by atoms with Crippen LogP contribution in [0.2, 0.25) is 0 Å². The Morgan fingerprint density at radius 3 is 2.64 bits per heavy atom. The predicted octanol–water partition coefficient (Wildman–Crippen LogP) is 3.15. The number of rotatable bonds is 9. The molecule has 1 aliphatic rings. The van der Waals surface area contributed by atoms with E-state index in [0.29, 0.717) is 25.1 Å². The van der Waals surface area contributed by atoms with Crippen LogP contribution >= 0.6 is 0 Å². The van der Waals surface area contributed by atoms with E-state index in [2.05, 4.69) is 11.4 Å². The summed E-state index contributed by atoms with van der Waals surface area (Å²) in [5, 5.41) is 2.76. The predicted molar refractivity (Wildman–Crippen MR) is 107 cm³/mol. The van der Waals surface area contributed by atoms with Crippen molar-refractivity contribution in [1.29, 1.82) is 0 Å². The quantitative estimate of drug-likeness (QED) is 0.535. The molecule has 0 fully saturated rings. The fourth-order valence-corrected chi connectivity index (χ4v) is 3.28. The van der Waals surface area contributed by atoms with Gasteiger partial charge in [0, 0.05) is 6.42 Å². The third-order valence-corrected chi connectivity index (χ3v) is 4.88. The van der Waals surface area contributed by atoms with Gasteiger partial charge in [-0.1, -0.05) is 35.9 Å². The molecule has 2 aromatic rings. The van der Waals surface area contributed by atoms with Gasteiger partial charge in [-0.05, 0) is 61.4 Å². The minimum absolute atomic E-state index is 0.0500. The normalized spacial score (nSPS) is 12.3. The van der Waals surface area contributed by atoms with E-state index in [0.717, 1.165) is 18.4 Å². The first kappa shape index (κ1) is 19.9. The molecule has 1 N–H and O–H groups in total. The third kappa shape index (κ3) is 6.12. The van der Waals surface area contributed by atoms with Crippen molar-refractivity contribution in [2.75, 3.05) is 19.8 Å². The number of carbonyl (C=O) groups is 2. The Balaban J connectivity index is 1.26. The van der Waals surface area contributed by atoms with Crippen LogP contribution in [-0.4, -0.2) is 31.6 Å². The van der Waals surface area contributed by atoms with Gasteiger partial charge >= 0.3 is 5.97 Å². The van der Waals surface area contributed by atoms with Crippen molar-refractivity contribution in [3.8, 4) is 5.75 Å². The third-order valence-electron chi connectivity index (χ3n) is 4.88. The Hall–Kier alpha value is -2.82. The van der Waals surface area contributed by atoms with E-state index in [-0.39, 0.29) is 19.1 Å². The highest BCUT2D eigenvalue weighted by molar-refractivity contribution is 5.76. The summed E-state index contributed by atoms with van der Waals surface area (Å²) in [4.78, 5) is 23.6. The molecule has 0 aromatic heterocycles. The molecular weight excluding hydrogens is 354 g/mol. The monoisotopic (exact) mass is 381 g/mol. The Bertz CT molecular complexity index is 814. The molecule has 3 rings (SSSR count). The molecule has 0 spiro atoms. The van der Waals surface area contributed by atoms with Gasteiger partial charge < -0.3 is 14.8 Å². The lowest BCUT2D eigenvalue weighted by atomic mass is 10.1. The molecule has 0 unspecified atom stereocenters. The lowest BCUT2D eigenvalue weighted by molar-refractivity contribution is -0.146. The van der Waals surface area contributed by atoms with Gasteiger partial charge in [0.1, 0.15) is 12.4 Å². The number of hydrogen-bond acceptors (Lipinski definition) is 4. The zero-order valence-electron chi connectivity index (χ0n) is 16.3. The number of hydrogen-bond donors (Lipinski definition) is 1. The van der Waals surface area contributed by atoms with Crippen LogP contribution in [0.3, 0.4) is 0 Å². The van der Waals surface area contributed by atoms with E-state index in [4.69, 9.17) is 9.47 Å². The van der Waals surface area contributed by atoms with Gasteiger partial charge in [-0.15, -0.1) is 0 Å². The molecule has 5 heteroatoms. The van der Waals surface area contributed by atoms with Crippen LogP contribution < -0.4 is 10.1 Å². The lowest BCUT2D eigenvalue weighted by Crippen LogP contribution is -2.29. The van der Waals surface area contributed by atoms with Crippen molar-refractivity contribution in [2.45, 2.75) is 39.0 Å². The summed E-state index contributed by atoms with van der Waals surface area (Å²) in [7, 11) is 0. The number of amides is 1. The molecule has 0 heterocycles. The number of ether oxygens (including phenoxy) is 2. The molecule has 0 aliphatic heterocycles. The highest BCUT2D eigenvalue weighted by Crippen LogP contribution is 2.25. The lowest BCUT2D eigenvalue weighted by Gasteiger charge is -2.09. The fraction of sp³-hybridized carbons (Fsp3) is 0.391. The summed E-state index contributed by atoms with van der Waals surface area (Å²) in [6.45, 7) is 2.36. The molecule has 0 bridgehead atoms. The van der Waals surface area contributed by atoms with Crippen LogP contribution in [0.25, 0.3) is 0 Å². The van der Waals surface area contributed by atoms with E-state index in [1.54, 1.807) is 0 Å². The summed E-state index contributed by atoms with van der Waals surface area (Å²) in [6, 6.07) is 14.1. The number of benzene rings is 2. The van der Waals surface area contributed by atoms with Crippen LogP contribution in [0.5, 0.6) is 5.75 Å². The topological polar surface area (TPSA) is 64.6 Å². The molecule has 0 saturated heterocycles. The van der Waals surface area contributed by atoms with Gasteiger partial charge in [-0.2, -0.15) is 0 Å². The van der Waals surface area contributed by atoms with E-state index < -0.39 is 5.97 Å². The van der Waals surface area contributed by atoms with Gasteiger partial charge in [0.25, 0.3) is 0 Å². The van der Waals surface area contributed by atoms with Gasteiger partial charge in [0.15, 0.2) is 6.61 Å². The number of carbonyl (C=O) groups excluding carboxylic acids is 2. The first-order valence-electron chi connectivity index (χ1n) is 9.82. The molecule has 0 radical (unpaired) electrons. The maximum atomic E-state index is 11.9. The average molecular weight is 381 g/mol. The molecule has 5 nitrogen and oxygen atoms in total. The van der Waals surface area contributed by atoms with E-state index >= 15 is 0 Å². The average Bonchev–Trinajstić information content (AvgIpc) is 3.17. The highest BCUT2D eigenvalue weighted by Gasteiger charge is 2.12. The van der Waals surface area contributed by atoms with Gasteiger partial charge in [0.2, 0.25) is 5.91 Å². The van der Waals surface area contributed by atoms with Crippen LogP contribution in [-0.2, 0) is 33.6 Å². The van der Waals surface area contributed by atoms with Crippen LogP contribution in [0.15, 0.2) is 42.5 Å². The first-order valence-corrected chi connectivity index (χ1v) is 9.82. The summed E-state index contributed by atoms with van der Waals surface area (Å²) >= 11 is 0. The van der Waals surface area contributed by atoms with Crippen LogP contribution in [0.1, 0.15) is 35.1 Å². The van der Waals surface area contributed by atoms with Crippen LogP contribution in [0.4, 0.5) is 0 Å². The zero-order valence-corrected chi connectivity index (χ0v) is 16.3. The van der Waals surface area contributed by atoms with Gasteiger partial charge in [0.05, 0.1) is 6.54 Å². The van der Waals surface area contributed by atoms with Crippen molar-refractivity contribution in [1.82, 2.24) is 5.32 Å². The van der Waals surface area contributed by atoms with Crippen molar-refractivity contribution < 1.29 is 19.1 Å². The second-order valence-corrected chi connectivity index (χ2v) is 7.13. The Kier molecular flexibility index (Phi) is 7.06. The number of fused-ring (bicyclic) bond motifs is 1. The minimum atomic E-state index is -0.436. The highest BCUT2D eigenvalue weighted by atomic mass is 16.6. The van der Waals surface area contributed by atoms with Crippen molar-refractivity contribution >= 4 is 11.9 Å². The molecule has 28 heavy (non-hydrogen) atoms. The van der Waals surface area contributed by atoms with Crippen molar-refractivity contribution in [2.24, 2.45) is 0 Å². The Morgan fingerprint density at radius 2 is 1.82 bits per heavy atom. The molecule has 2 aromatic carbocycles. The van der Waals surface area contributed by atoms with Gasteiger partial charge in [-0.25, -0.2) is 4.79 Å². The minimum Gasteiger partial charge on any atom is -0.482 e. The molecular formula is C23H27NO4. The number of esters is 1. The fourth-order valence-electron chi connectivity index (χ4n) is 3.28. The van der Waals surface area contributed by atoms with E-state index in [9.17, 15) is 9.59 Å². The second-order valence-electron chi connectivity index (χ2n) is 7.13. The maximum Gasteiger partial charge on any atom is 0.344 e. The molecule has 0 atom stereocenters. The summed E-state index contributed by atoms with van der Waals surface area (Å²) in [5.41, 5.74) is 5.01. The van der Waals surface area contributed by atoms with Gasteiger partial charge in [-0.3, -0.25) is 4.79 Å². The Labute approximate surface area is 166 Å². The zero-order chi connectivity index (χ0) is 19.8. The molecule has 1 amide bonds. The Morgan fingerprint density at radius 1 is 1.04 bits per heavy atom. The smallest absolute Gasteiger partial charge is 0.344 e. The molecule has 1 aliphatic carbocycles. The summed E-state index contributed by atoms with van der Waals surface area (Å²) in [6.07, 6.45) is 4.48. The van der Waals surface area contributed by atoms with Crippen LogP contribution in [0, 0.1) is 6.92 Å². The van der Waals surface area contributed by atoms with E-state index in [1.165, 1.54) is 23.1 Å². The SMILES string of the molecule is Cc1ccc(CCC(=O)NCCOC(=O)COc2ccc3c(c2)CCC3)cc1. The molecule has 148 valence electrons. The van der Waals surface area contributed by atoms with E-state index in [1.807, 2.05) is 43.3 Å². The number of nitrogens with one attached hydrogen (secondary N) is 1. The van der Waals surface area contributed by atoms with Crippen molar-refractivity contribution in [3.63, 3.8) is 0 Å². The second kappa shape index (κ2) is 9.93. The number of aryl methyl sites for hydroxylation is 4. The maximum absolute atomic E-state index is 11.9. The summed E-state index contributed by atoms with van der Waals surface area (Å²) < 4.78 is 10.6. The first-order chi connectivity index (χ1) is 13.6. The largest absolute Gasteiger partial charge is 0.482 e. The standard InChI is InChI=1S/C23H27NO4/c1-17-5-7-18(8-6-17)9-12-22(25)24-13-14-27-23(26)16-28-21-11-10-19-3-2-4-20(19)15-21/h5-8,10-11,15H,2-4,9,12-14,16H2,1H3,(H,24,25). The molecule has 0 saturated carbocycles.